The van der Waals surface area contributed by atoms with E-state index < -0.39 is 5.97 Å². The van der Waals surface area contributed by atoms with Crippen molar-refractivity contribution in [3.63, 3.8) is 0 Å². The predicted octanol–water partition coefficient (Wildman–Crippen LogP) is 2.81. The first-order valence-corrected chi connectivity index (χ1v) is 6.58. The van der Waals surface area contributed by atoms with Gasteiger partial charge in [0.2, 0.25) is 0 Å². The lowest BCUT2D eigenvalue weighted by molar-refractivity contribution is 0.0696. The standard InChI is InChI=1S/C14H11N3O2S/c1-8-5-9(2)17-13(11(8)6-15)20-12-4-3-10(7-16-12)14(18)19/h3-5,7H,1-2H3,(H,18,19). The van der Waals surface area contributed by atoms with Crippen molar-refractivity contribution >= 4 is 17.7 Å². The van der Waals surface area contributed by atoms with E-state index in [-0.39, 0.29) is 5.56 Å². The van der Waals surface area contributed by atoms with Gasteiger partial charge < -0.3 is 5.11 Å². The summed E-state index contributed by atoms with van der Waals surface area (Å²) in [6.07, 6.45) is 1.29. The molecule has 0 saturated carbocycles. The Bertz CT molecular complexity index is 706. The summed E-state index contributed by atoms with van der Waals surface area (Å²) < 4.78 is 0. The van der Waals surface area contributed by atoms with E-state index >= 15 is 0 Å². The molecule has 0 aliphatic rings. The topological polar surface area (TPSA) is 86.9 Å². The molecule has 0 spiro atoms. The normalized spacial score (nSPS) is 10.1. The van der Waals surface area contributed by atoms with Crippen LogP contribution in [0.2, 0.25) is 0 Å². The Morgan fingerprint density at radius 3 is 2.70 bits per heavy atom. The van der Waals surface area contributed by atoms with E-state index in [4.69, 9.17) is 5.11 Å². The molecule has 0 aliphatic heterocycles. The van der Waals surface area contributed by atoms with Gasteiger partial charge in [-0.25, -0.2) is 14.8 Å². The van der Waals surface area contributed by atoms with Crippen LogP contribution in [-0.4, -0.2) is 21.0 Å². The summed E-state index contributed by atoms with van der Waals surface area (Å²) in [5.41, 5.74) is 2.34. The van der Waals surface area contributed by atoms with E-state index in [1.54, 1.807) is 6.07 Å². The molecule has 1 N–H and O–H groups in total. The zero-order valence-corrected chi connectivity index (χ0v) is 11.7. The van der Waals surface area contributed by atoms with Gasteiger partial charge in [0.05, 0.1) is 11.1 Å². The quantitative estimate of drug-likeness (QED) is 0.933. The summed E-state index contributed by atoms with van der Waals surface area (Å²) in [5, 5.41) is 19.2. The van der Waals surface area contributed by atoms with Crippen molar-refractivity contribution in [2.24, 2.45) is 0 Å². The molecule has 0 amide bonds. The van der Waals surface area contributed by atoms with Crippen LogP contribution in [-0.2, 0) is 0 Å². The molecule has 5 nitrogen and oxygen atoms in total. The van der Waals surface area contributed by atoms with Crippen LogP contribution in [0.5, 0.6) is 0 Å². The van der Waals surface area contributed by atoms with E-state index in [1.807, 2.05) is 19.9 Å². The maximum Gasteiger partial charge on any atom is 0.337 e. The van der Waals surface area contributed by atoms with Crippen molar-refractivity contribution in [2.75, 3.05) is 0 Å². The molecule has 0 radical (unpaired) electrons. The Hall–Kier alpha value is -2.39. The van der Waals surface area contributed by atoms with Gasteiger partial charge in [-0.2, -0.15) is 5.26 Å². The Labute approximate surface area is 120 Å². The molecule has 2 heterocycles. The molecule has 0 atom stereocenters. The number of carbonyl (C=O) groups is 1. The van der Waals surface area contributed by atoms with Crippen LogP contribution in [0.4, 0.5) is 0 Å². The minimum Gasteiger partial charge on any atom is -0.478 e. The van der Waals surface area contributed by atoms with Gasteiger partial charge >= 0.3 is 5.97 Å². The number of aryl methyl sites for hydroxylation is 2. The smallest absolute Gasteiger partial charge is 0.337 e. The van der Waals surface area contributed by atoms with Gasteiger partial charge in [0.1, 0.15) is 16.1 Å². The van der Waals surface area contributed by atoms with Crippen LogP contribution in [0.3, 0.4) is 0 Å². The summed E-state index contributed by atoms with van der Waals surface area (Å²) in [6.45, 7) is 3.72. The lowest BCUT2D eigenvalue weighted by atomic mass is 10.1. The molecule has 0 saturated heterocycles. The maximum absolute atomic E-state index is 10.8. The molecule has 2 aromatic rings. The molecule has 2 rings (SSSR count). The molecule has 20 heavy (non-hydrogen) atoms. The Balaban J connectivity index is 2.35. The number of aromatic nitrogens is 2. The minimum atomic E-state index is -1.02. The predicted molar refractivity (Wildman–Crippen MR) is 73.7 cm³/mol. The van der Waals surface area contributed by atoms with E-state index in [1.165, 1.54) is 24.0 Å². The van der Waals surface area contributed by atoms with Gasteiger partial charge in [-0.05, 0) is 49.4 Å². The van der Waals surface area contributed by atoms with Gasteiger partial charge in [0.15, 0.2) is 0 Å². The maximum atomic E-state index is 10.8. The molecule has 0 fully saturated rings. The second-order valence-electron chi connectivity index (χ2n) is 4.16. The summed E-state index contributed by atoms with van der Waals surface area (Å²) >= 11 is 1.25. The van der Waals surface area contributed by atoms with Crippen molar-refractivity contribution in [2.45, 2.75) is 23.9 Å². The van der Waals surface area contributed by atoms with E-state index in [2.05, 4.69) is 16.0 Å². The molecule has 6 heteroatoms. The summed E-state index contributed by atoms with van der Waals surface area (Å²) in [5.74, 6) is -1.02. The lowest BCUT2D eigenvalue weighted by Gasteiger charge is -2.06. The highest BCUT2D eigenvalue weighted by atomic mass is 32.2. The first kappa shape index (κ1) is 14.0. The third kappa shape index (κ3) is 2.95. The number of nitrogens with zero attached hydrogens (tertiary/aromatic N) is 3. The fraction of sp³-hybridized carbons (Fsp3) is 0.143. The van der Waals surface area contributed by atoms with Crippen LogP contribution < -0.4 is 0 Å². The molecule has 0 bridgehead atoms. The van der Waals surface area contributed by atoms with Crippen LogP contribution in [0.1, 0.15) is 27.2 Å². The van der Waals surface area contributed by atoms with E-state index in [0.29, 0.717) is 15.6 Å². The second-order valence-corrected chi connectivity index (χ2v) is 5.17. The van der Waals surface area contributed by atoms with Gasteiger partial charge in [-0.15, -0.1) is 0 Å². The number of hydrogen-bond acceptors (Lipinski definition) is 5. The monoisotopic (exact) mass is 285 g/mol. The average molecular weight is 285 g/mol. The molecular weight excluding hydrogens is 274 g/mol. The fourth-order valence-electron chi connectivity index (χ4n) is 1.68. The van der Waals surface area contributed by atoms with Crippen molar-refractivity contribution in [3.05, 3.63) is 46.8 Å². The van der Waals surface area contributed by atoms with Crippen LogP contribution in [0.25, 0.3) is 0 Å². The SMILES string of the molecule is Cc1cc(C)c(C#N)c(Sc2ccc(C(=O)O)cn2)n1. The van der Waals surface area contributed by atoms with Gasteiger partial charge in [0, 0.05) is 11.9 Å². The van der Waals surface area contributed by atoms with E-state index in [9.17, 15) is 10.1 Å². The van der Waals surface area contributed by atoms with Crippen LogP contribution >= 0.6 is 11.8 Å². The summed E-state index contributed by atoms with van der Waals surface area (Å²) in [7, 11) is 0. The van der Waals surface area contributed by atoms with Gasteiger partial charge in [-0.3, -0.25) is 0 Å². The zero-order valence-electron chi connectivity index (χ0n) is 10.9. The first-order chi connectivity index (χ1) is 9.51. The number of aromatic carboxylic acids is 1. The van der Waals surface area contributed by atoms with E-state index in [0.717, 1.165) is 11.3 Å². The second kappa shape index (κ2) is 5.72. The molecule has 0 aromatic carbocycles. The first-order valence-electron chi connectivity index (χ1n) is 5.77. The van der Waals surface area contributed by atoms with Gasteiger partial charge in [0.25, 0.3) is 0 Å². The number of rotatable bonds is 3. The fourth-order valence-corrected chi connectivity index (χ4v) is 2.62. The molecule has 2 aromatic heterocycles. The largest absolute Gasteiger partial charge is 0.478 e. The van der Waals surface area contributed by atoms with Crippen molar-refractivity contribution in [1.82, 2.24) is 9.97 Å². The highest BCUT2D eigenvalue weighted by Gasteiger charge is 2.11. The number of carboxylic acid groups (broad SMARTS) is 1. The number of carboxylic acids is 1. The van der Waals surface area contributed by atoms with Crippen molar-refractivity contribution in [1.29, 1.82) is 5.26 Å². The zero-order chi connectivity index (χ0) is 14.7. The summed E-state index contributed by atoms with van der Waals surface area (Å²) in [6, 6.07) is 7.07. The van der Waals surface area contributed by atoms with Crippen LogP contribution in [0, 0.1) is 25.2 Å². The number of nitriles is 1. The Kier molecular flexibility index (Phi) is 4.01. The summed E-state index contributed by atoms with van der Waals surface area (Å²) in [4.78, 5) is 19.2. The Morgan fingerprint density at radius 2 is 2.15 bits per heavy atom. The van der Waals surface area contributed by atoms with Gasteiger partial charge in [-0.1, -0.05) is 0 Å². The van der Waals surface area contributed by atoms with Crippen LogP contribution in [0.15, 0.2) is 34.4 Å². The number of pyridine rings is 2. The molecule has 0 aliphatic carbocycles. The molecular formula is C14H11N3O2S. The minimum absolute atomic E-state index is 0.128. The highest BCUT2D eigenvalue weighted by Crippen LogP contribution is 2.29. The van der Waals surface area contributed by atoms with Crippen molar-refractivity contribution < 1.29 is 9.90 Å². The lowest BCUT2D eigenvalue weighted by Crippen LogP contribution is -1.98. The van der Waals surface area contributed by atoms with Crippen molar-refractivity contribution in [3.8, 4) is 6.07 Å². The average Bonchev–Trinajstić information content (AvgIpc) is 2.39. The third-order valence-electron chi connectivity index (χ3n) is 2.61. The number of hydrogen-bond donors (Lipinski definition) is 1. The highest BCUT2D eigenvalue weighted by molar-refractivity contribution is 7.99. The molecule has 100 valence electrons. The third-order valence-corrected chi connectivity index (χ3v) is 3.55. The molecule has 0 unspecified atom stereocenters. The Morgan fingerprint density at radius 1 is 1.40 bits per heavy atom.